The van der Waals surface area contributed by atoms with Crippen molar-refractivity contribution in [1.29, 1.82) is 0 Å². The molecule has 0 aliphatic carbocycles. The van der Waals surface area contributed by atoms with E-state index in [4.69, 9.17) is 23.2 Å². The zero-order chi connectivity index (χ0) is 21.6. The van der Waals surface area contributed by atoms with Gasteiger partial charge in [0.2, 0.25) is 5.91 Å². The fourth-order valence-corrected chi connectivity index (χ4v) is 3.45. The monoisotopic (exact) mass is 437 g/mol. The van der Waals surface area contributed by atoms with E-state index in [2.05, 4.69) is 13.8 Å². The van der Waals surface area contributed by atoms with Crippen LogP contribution in [-0.4, -0.2) is 45.8 Å². The van der Waals surface area contributed by atoms with Crippen LogP contribution in [0.25, 0.3) is 0 Å². The smallest absolute Gasteiger partial charge is 0.254 e. The van der Waals surface area contributed by atoms with E-state index in [1.807, 2.05) is 41.8 Å². The van der Waals surface area contributed by atoms with Gasteiger partial charge in [-0.25, -0.2) is 0 Å². The normalized spacial score (nSPS) is 11.0. The van der Waals surface area contributed by atoms with Crippen LogP contribution in [0.2, 0.25) is 10.0 Å². The summed E-state index contributed by atoms with van der Waals surface area (Å²) in [6, 6.07) is 8.76. The third-order valence-electron chi connectivity index (χ3n) is 4.62. The summed E-state index contributed by atoms with van der Waals surface area (Å²) in [6.07, 6.45) is 2.72. The Morgan fingerprint density at radius 3 is 2.38 bits per heavy atom. The average molecular weight is 438 g/mol. The maximum atomic E-state index is 13.1. The van der Waals surface area contributed by atoms with E-state index < -0.39 is 0 Å². The number of carbonyl (C=O) groups is 2. The van der Waals surface area contributed by atoms with Gasteiger partial charge in [-0.3, -0.25) is 9.59 Å². The topological polar surface area (TPSA) is 45.6 Å². The third-order valence-corrected chi connectivity index (χ3v) is 5.35. The maximum Gasteiger partial charge on any atom is 0.254 e. The van der Waals surface area contributed by atoms with E-state index in [1.54, 1.807) is 23.1 Å². The molecular formula is C22H29Cl2N3O2. The Morgan fingerprint density at radius 2 is 1.83 bits per heavy atom. The van der Waals surface area contributed by atoms with Gasteiger partial charge in [0.05, 0.1) is 16.6 Å². The largest absolute Gasteiger partial charge is 0.353 e. The van der Waals surface area contributed by atoms with Crippen molar-refractivity contribution >= 4 is 35.0 Å². The molecule has 0 N–H and O–H groups in total. The molecule has 0 aliphatic heterocycles. The molecule has 158 valence electrons. The summed E-state index contributed by atoms with van der Waals surface area (Å²) < 4.78 is 2.01. The van der Waals surface area contributed by atoms with E-state index in [1.165, 1.54) is 0 Å². The van der Waals surface area contributed by atoms with Gasteiger partial charge in [-0.1, -0.05) is 44.0 Å². The second-order valence-corrected chi connectivity index (χ2v) is 8.45. The predicted octanol–water partition coefficient (Wildman–Crippen LogP) is 4.87. The summed E-state index contributed by atoms with van der Waals surface area (Å²) in [5.41, 5.74) is 1.48. The van der Waals surface area contributed by atoms with E-state index >= 15 is 0 Å². The zero-order valence-electron chi connectivity index (χ0n) is 17.5. The minimum absolute atomic E-state index is 0.0318. The summed E-state index contributed by atoms with van der Waals surface area (Å²) in [4.78, 5) is 29.5. The van der Waals surface area contributed by atoms with Crippen molar-refractivity contribution in [2.75, 3.05) is 19.6 Å². The lowest BCUT2D eigenvalue weighted by molar-refractivity contribution is -0.133. The van der Waals surface area contributed by atoms with E-state index in [0.717, 1.165) is 12.1 Å². The first-order valence-electron chi connectivity index (χ1n) is 9.85. The Balaban J connectivity index is 2.18. The lowest BCUT2D eigenvalue weighted by Crippen LogP contribution is -2.44. The van der Waals surface area contributed by atoms with Crippen LogP contribution in [-0.2, 0) is 18.4 Å². The highest BCUT2D eigenvalue weighted by Gasteiger charge is 2.23. The fourth-order valence-electron chi connectivity index (χ4n) is 3.15. The maximum absolute atomic E-state index is 13.1. The molecule has 0 spiro atoms. The van der Waals surface area contributed by atoms with E-state index in [-0.39, 0.29) is 18.4 Å². The quantitative estimate of drug-likeness (QED) is 0.561. The lowest BCUT2D eigenvalue weighted by atomic mass is 10.1. The molecule has 0 bridgehead atoms. The third kappa shape index (κ3) is 6.51. The van der Waals surface area contributed by atoms with E-state index in [0.29, 0.717) is 41.2 Å². The Kier molecular flexibility index (Phi) is 8.60. The molecule has 0 saturated heterocycles. The highest BCUT2D eigenvalue weighted by molar-refractivity contribution is 6.42. The molecule has 0 radical (unpaired) electrons. The van der Waals surface area contributed by atoms with Gasteiger partial charge in [-0.05, 0) is 42.7 Å². The molecule has 5 nitrogen and oxygen atoms in total. The molecule has 1 aromatic heterocycles. The van der Waals surface area contributed by atoms with Crippen LogP contribution < -0.4 is 0 Å². The van der Waals surface area contributed by atoms with Gasteiger partial charge in [0.15, 0.2) is 0 Å². The fraction of sp³-hybridized carbons (Fsp3) is 0.455. The molecule has 2 aromatic rings. The van der Waals surface area contributed by atoms with Crippen molar-refractivity contribution < 1.29 is 9.59 Å². The molecule has 7 heteroatoms. The highest BCUT2D eigenvalue weighted by Crippen LogP contribution is 2.23. The number of carbonyl (C=O) groups excluding carboxylic acids is 2. The van der Waals surface area contributed by atoms with Crippen LogP contribution in [0.15, 0.2) is 36.5 Å². The summed E-state index contributed by atoms with van der Waals surface area (Å²) in [5, 5.41) is 0.720. The van der Waals surface area contributed by atoms with Gasteiger partial charge in [-0.15, -0.1) is 0 Å². The minimum atomic E-state index is -0.220. The number of rotatable bonds is 9. The number of aromatic nitrogens is 1. The second-order valence-electron chi connectivity index (χ2n) is 7.63. The number of amides is 2. The van der Waals surface area contributed by atoms with Crippen molar-refractivity contribution in [2.24, 2.45) is 13.0 Å². The summed E-state index contributed by atoms with van der Waals surface area (Å²) >= 11 is 12.0. The lowest BCUT2D eigenvalue weighted by Gasteiger charge is -2.29. The highest BCUT2D eigenvalue weighted by atomic mass is 35.5. The summed E-state index contributed by atoms with van der Waals surface area (Å²) in [7, 11) is 1.96. The van der Waals surface area contributed by atoms with Gasteiger partial charge >= 0.3 is 0 Å². The summed E-state index contributed by atoms with van der Waals surface area (Å²) in [5.74, 6) is 0.0357. The van der Waals surface area contributed by atoms with Crippen LogP contribution >= 0.6 is 23.2 Å². The molecule has 0 saturated carbocycles. The van der Waals surface area contributed by atoms with Gasteiger partial charge in [0.25, 0.3) is 5.91 Å². The van der Waals surface area contributed by atoms with Gasteiger partial charge < -0.3 is 14.4 Å². The SMILES string of the molecule is CCCN(CC(=O)N(Cc1cccn1C)CC(C)C)C(=O)c1ccc(Cl)c(Cl)c1. The first-order chi connectivity index (χ1) is 13.7. The van der Waals surface area contributed by atoms with Crippen molar-refractivity contribution in [3.8, 4) is 0 Å². The first kappa shape index (κ1) is 23.3. The Bertz CT molecular complexity index is 848. The molecular weight excluding hydrogens is 409 g/mol. The van der Waals surface area contributed by atoms with Crippen molar-refractivity contribution in [1.82, 2.24) is 14.4 Å². The number of halogens is 2. The van der Waals surface area contributed by atoms with Crippen molar-refractivity contribution in [3.63, 3.8) is 0 Å². The molecule has 0 fully saturated rings. The number of hydrogen-bond donors (Lipinski definition) is 0. The Morgan fingerprint density at radius 1 is 1.10 bits per heavy atom. The van der Waals surface area contributed by atoms with Crippen LogP contribution in [0.5, 0.6) is 0 Å². The average Bonchev–Trinajstić information content (AvgIpc) is 3.06. The van der Waals surface area contributed by atoms with Gasteiger partial charge in [0, 0.05) is 37.6 Å². The Labute approximate surface area is 183 Å². The minimum Gasteiger partial charge on any atom is -0.353 e. The molecule has 1 heterocycles. The molecule has 2 amide bonds. The van der Waals surface area contributed by atoms with Gasteiger partial charge in [-0.2, -0.15) is 0 Å². The van der Waals surface area contributed by atoms with Crippen molar-refractivity contribution in [3.05, 3.63) is 57.8 Å². The van der Waals surface area contributed by atoms with Crippen molar-refractivity contribution in [2.45, 2.75) is 33.7 Å². The van der Waals surface area contributed by atoms with Gasteiger partial charge in [0.1, 0.15) is 6.54 Å². The number of nitrogens with zero attached hydrogens (tertiary/aromatic N) is 3. The standard InChI is InChI=1S/C22H29Cl2N3O2/c1-5-10-26(22(29)17-8-9-19(23)20(24)12-17)15-21(28)27(13-16(2)3)14-18-7-6-11-25(18)4/h6-9,11-12,16H,5,10,13-15H2,1-4H3. The molecule has 1 aromatic carbocycles. The van der Waals surface area contributed by atoms with Crippen LogP contribution in [0.4, 0.5) is 0 Å². The molecule has 0 unspecified atom stereocenters. The van der Waals surface area contributed by atoms with Crippen LogP contribution in [0.1, 0.15) is 43.2 Å². The zero-order valence-corrected chi connectivity index (χ0v) is 19.0. The second kappa shape index (κ2) is 10.7. The predicted molar refractivity (Wildman–Crippen MR) is 118 cm³/mol. The Hall–Kier alpha value is -1.98. The molecule has 2 rings (SSSR count). The first-order valence-corrected chi connectivity index (χ1v) is 10.6. The van der Waals surface area contributed by atoms with Crippen LogP contribution in [0, 0.1) is 5.92 Å². The molecule has 29 heavy (non-hydrogen) atoms. The van der Waals surface area contributed by atoms with Crippen LogP contribution in [0.3, 0.4) is 0 Å². The molecule has 0 atom stereocenters. The number of benzene rings is 1. The van der Waals surface area contributed by atoms with E-state index in [9.17, 15) is 9.59 Å². The number of aryl methyl sites for hydroxylation is 1. The summed E-state index contributed by atoms with van der Waals surface area (Å²) in [6.45, 7) is 7.81. The molecule has 0 aliphatic rings. The number of hydrogen-bond acceptors (Lipinski definition) is 2.